The third kappa shape index (κ3) is 4.11. The van der Waals surface area contributed by atoms with E-state index in [2.05, 4.69) is 5.32 Å². The van der Waals surface area contributed by atoms with Gasteiger partial charge in [0.2, 0.25) is 5.91 Å². The van der Waals surface area contributed by atoms with E-state index in [0.717, 1.165) is 49.6 Å². The molecule has 0 aromatic heterocycles. The predicted molar refractivity (Wildman–Crippen MR) is 83.4 cm³/mol. The smallest absolute Gasteiger partial charge is 0.225 e. The first-order valence-corrected chi connectivity index (χ1v) is 7.77. The Hall–Kier alpha value is -0.770. The summed E-state index contributed by atoms with van der Waals surface area (Å²) in [6.07, 6.45) is 1.57. The fraction of sp³-hybridized carbons (Fsp3) is 0.533. The maximum atomic E-state index is 12.3. The number of aryl methyl sites for hydroxylation is 1. The molecule has 1 atom stereocenters. The lowest BCUT2D eigenvalue weighted by molar-refractivity contribution is -0.135. The predicted octanol–water partition coefficient (Wildman–Crippen LogP) is 2.99. The third-order valence-corrected chi connectivity index (χ3v) is 4.31. The Morgan fingerprint density at radius 2 is 2.05 bits per heavy atom. The van der Waals surface area contributed by atoms with Crippen molar-refractivity contribution in [1.29, 1.82) is 0 Å². The number of halogens is 2. The molecule has 1 aromatic rings. The molecule has 1 aromatic carbocycles. The zero-order chi connectivity index (χ0) is 14.5. The van der Waals surface area contributed by atoms with Crippen LogP contribution in [0.25, 0.3) is 0 Å². The molecule has 1 unspecified atom stereocenters. The van der Waals surface area contributed by atoms with Crippen molar-refractivity contribution < 1.29 is 4.79 Å². The minimum atomic E-state index is 0.0168. The molecule has 0 aliphatic carbocycles. The highest BCUT2D eigenvalue weighted by atomic mass is 35.5. The summed E-state index contributed by atoms with van der Waals surface area (Å²) in [6.45, 7) is 5.38. The molecule has 1 N–H and O–H groups in total. The van der Waals surface area contributed by atoms with E-state index in [-0.39, 0.29) is 11.8 Å². The van der Waals surface area contributed by atoms with E-state index < -0.39 is 0 Å². The van der Waals surface area contributed by atoms with Gasteiger partial charge in [0.15, 0.2) is 0 Å². The molecule has 110 valence electrons. The van der Waals surface area contributed by atoms with Crippen molar-refractivity contribution in [3.63, 3.8) is 0 Å². The Morgan fingerprint density at radius 3 is 2.75 bits per heavy atom. The van der Waals surface area contributed by atoms with Crippen LogP contribution in [0.5, 0.6) is 0 Å². The van der Waals surface area contributed by atoms with Crippen LogP contribution >= 0.6 is 23.2 Å². The zero-order valence-corrected chi connectivity index (χ0v) is 13.2. The van der Waals surface area contributed by atoms with E-state index in [9.17, 15) is 4.79 Å². The van der Waals surface area contributed by atoms with E-state index in [1.807, 2.05) is 24.0 Å². The summed E-state index contributed by atoms with van der Waals surface area (Å²) in [7, 11) is 0. The maximum Gasteiger partial charge on any atom is 0.225 e. The van der Waals surface area contributed by atoms with Crippen molar-refractivity contribution in [3.05, 3.63) is 33.8 Å². The molecule has 1 saturated heterocycles. The molecule has 2 rings (SSSR count). The first kappa shape index (κ1) is 15.6. The maximum absolute atomic E-state index is 12.3. The van der Waals surface area contributed by atoms with Gasteiger partial charge >= 0.3 is 0 Å². The van der Waals surface area contributed by atoms with Crippen molar-refractivity contribution in [1.82, 2.24) is 10.2 Å². The SMILES string of the molecule is CC(CCc1cc(Cl)ccc1Cl)C(=O)N1CCNCC1. The Bertz CT molecular complexity index is 473. The summed E-state index contributed by atoms with van der Waals surface area (Å²) >= 11 is 12.1. The highest BCUT2D eigenvalue weighted by Gasteiger charge is 2.21. The monoisotopic (exact) mass is 314 g/mol. The number of nitrogens with one attached hydrogen (secondary N) is 1. The van der Waals surface area contributed by atoms with Gasteiger partial charge in [-0.2, -0.15) is 0 Å². The second-order valence-corrected chi connectivity index (χ2v) is 6.09. The van der Waals surface area contributed by atoms with Crippen LogP contribution < -0.4 is 5.32 Å². The van der Waals surface area contributed by atoms with Gasteiger partial charge in [0.1, 0.15) is 0 Å². The molecule has 1 heterocycles. The van der Waals surface area contributed by atoms with Gasteiger partial charge in [-0.1, -0.05) is 30.1 Å². The molecule has 0 radical (unpaired) electrons. The number of nitrogens with zero attached hydrogens (tertiary/aromatic N) is 1. The largest absolute Gasteiger partial charge is 0.340 e. The standard InChI is InChI=1S/C15H20Cl2N2O/c1-11(15(20)19-8-6-18-7-9-19)2-3-12-10-13(16)4-5-14(12)17/h4-5,10-11,18H,2-3,6-9H2,1H3. The van der Waals surface area contributed by atoms with Crippen molar-refractivity contribution in [3.8, 4) is 0 Å². The van der Waals surface area contributed by atoms with Crippen molar-refractivity contribution in [2.75, 3.05) is 26.2 Å². The van der Waals surface area contributed by atoms with Crippen LogP contribution in [0.3, 0.4) is 0 Å². The average Bonchev–Trinajstić information content (AvgIpc) is 2.48. The molecular weight excluding hydrogens is 295 g/mol. The van der Waals surface area contributed by atoms with E-state index in [1.54, 1.807) is 6.07 Å². The topological polar surface area (TPSA) is 32.3 Å². The van der Waals surface area contributed by atoms with Gasteiger partial charge < -0.3 is 10.2 Å². The van der Waals surface area contributed by atoms with Crippen molar-refractivity contribution >= 4 is 29.1 Å². The Morgan fingerprint density at radius 1 is 1.35 bits per heavy atom. The number of benzene rings is 1. The number of hydrogen-bond donors (Lipinski definition) is 1. The number of rotatable bonds is 4. The molecule has 3 nitrogen and oxygen atoms in total. The van der Waals surface area contributed by atoms with Crippen LogP contribution in [-0.2, 0) is 11.2 Å². The van der Waals surface area contributed by atoms with Crippen LogP contribution in [0.1, 0.15) is 18.9 Å². The van der Waals surface area contributed by atoms with Crippen LogP contribution in [-0.4, -0.2) is 37.0 Å². The molecule has 0 spiro atoms. The second-order valence-electron chi connectivity index (χ2n) is 5.25. The van der Waals surface area contributed by atoms with E-state index in [4.69, 9.17) is 23.2 Å². The number of piperazine rings is 1. The third-order valence-electron chi connectivity index (χ3n) is 3.70. The Balaban J connectivity index is 1.89. The molecule has 1 aliphatic heterocycles. The summed E-state index contributed by atoms with van der Waals surface area (Å²) in [5.41, 5.74) is 1.01. The number of carbonyl (C=O) groups excluding carboxylic acids is 1. The van der Waals surface area contributed by atoms with Gasteiger partial charge in [0, 0.05) is 42.1 Å². The lowest BCUT2D eigenvalue weighted by Gasteiger charge is -2.29. The molecule has 1 aliphatic rings. The highest BCUT2D eigenvalue weighted by Crippen LogP contribution is 2.23. The molecular formula is C15H20Cl2N2O. The van der Waals surface area contributed by atoms with Crippen LogP contribution in [0.2, 0.25) is 10.0 Å². The molecule has 0 saturated carbocycles. The summed E-state index contributed by atoms with van der Waals surface area (Å²) in [5, 5.41) is 4.66. The van der Waals surface area contributed by atoms with Gasteiger partial charge in [-0.25, -0.2) is 0 Å². The van der Waals surface area contributed by atoms with E-state index >= 15 is 0 Å². The van der Waals surface area contributed by atoms with Gasteiger partial charge in [0.05, 0.1) is 0 Å². The van der Waals surface area contributed by atoms with Crippen molar-refractivity contribution in [2.24, 2.45) is 5.92 Å². The highest BCUT2D eigenvalue weighted by molar-refractivity contribution is 6.33. The molecule has 20 heavy (non-hydrogen) atoms. The van der Waals surface area contributed by atoms with Crippen molar-refractivity contribution in [2.45, 2.75) is 19.8 Å². The average molecular weight is 315 g/mol. The summed E-state index contributed by atoms with van der Waals surface area (Å²) in [4.78, 5) is 14.3. The minimum Gasteiger partial charge on any atom is -0.340 e. The normalized spacial score (nSPS) is 17.1. The molecule has 1 fully saturated rings. The van der Waals surface area contributed by atoms with Gasteiger partial charge in [-0.3, -0.25) is 4.79 Å². The first-order valence-electron chi connectivity index (χ1n) is 7.01. The fourth-order valence-corrected chi connectivity index (χ4v) is 2.83. The second kappa shape index (κ2) is 7.30. The van der Waals surface area contributed by atoms with E-state index in [0.29, 0.717) is 5.02 Å². The number of hydrogen-bond acceptors (Lipinski definition) is 2. The van der Waals surface area contributed by atoms with Gasteiger partial charge in [0.25, 0.3) is 0 Å². The summed E-state index contributed by atoms with van der Waals surface area (Å²) in [6, 6.07) is 5.47. The zero-order valence-electron chi connectivity index (χ0n) is 11.7. The molecule has 5 heteroatoms. The van der Waals surface area contributed by atoms with Crippen LogP contribution in [0.4, 0.5) is 0 Å². The quantitative estimate of drug-likeness (QED) is 0.926. The lowest BCUT2D eigenvalue weighted by Crippen LogP contribution is -2.48. The minimum absolute atomic E-state index is 0.0168. The summed E-state index contributed by atoms with van der Waals surface area (Å²) in [5.74, 6) is 0.257. The van der Waals surface area contributed by atoms with E-state index in [1.165, 1.54) is 0 Å². The Labute approximate surface area is 130 Å². The summed E-state index contributed by atoms with van der Waals surface area (Å²) < 4.78 is 0. The first-order chi connectivity index (χ1) is 9.58. The fourth-order valence-electron chi connectivity index (χ4n) is 2.43. The number of amides is 1. The van der Waals surface area contributed by atoms with Gasteiger partial charge in [-0.05, 0) is 36.6 Å². The van der Waals surface area contributed by atoms with Crippen LogP contribution in [0, 0.1) is 5.92 Å². The van der Waals surface area contributed by atoms with Crippen LogP contribution in [0.15, 0.2) is 18.2 Å². The molecule has 0 bridgehead atoms. The lowest BCUT2D eigenvalue weighted by atomic mass is 9.99. The Kier molecular flexibility index (Phi) is 5.70. The number of carbonyl (C=O) groups is 1. The van der Waals surface area contributed by atoms with Gasteiger partial charge in [-0.15, -0.1) is 0 Å². The molecule has 1 amide bonds.